The number of amides is 1. The monoisotopic (exact) mass is 366 g/mol. The summed E-state index contributed by atoms with van der Waals surface area (Å²) in [6.45, 7) is 1.04. The van der Waals surface area contributed by atoms with Crippen molar-refractivity contribution in [2.75, 3.05) is 20.1 Å². The van der Waals surface area contributed by atoms with E-state index in [1.807, 2.05) is 0 Å². The molecule has 1 heterocycles. The molecule has 0 unspecified atom stereocenters. The summed E-state index contributed by atoms with van der Waals surface area (Å²) >= 11 is 0. The minimum absolute atomic E-state index is 0.145. The van der Waals surface area contributed by atoms with E-state index in [0.29, 0.717) is 28.2 Å². The van der Waals surface area contributed by atoms with Gasteiger partial charge in [-0.2, -0.15) is 8.42 Å². The van der Waals surface area contributed by atoms with Crippen LogP contribution < -0.4 is 15.8 Å². The van der Waals surface area contributed by atoms with Crippen molar-refractivity contribution in [3.05, 3.63) is 47.8 Å². The lowest BCUT2D eigenvalue weighted by molar-refractivity contribution is 0.0690. The smallest absolute Gasteiger partial charge is 0.354 e. The zero-order chi connectivity index (χ0) is 18.6. The molecule has 0 saturated heterocycles. The molecule has 0 saturated carbocycles. The van der Waals surface area contributed by atoms with Crippen molar-refractivity contribution in [2.45, 2.75) is 0 Å². The quantitative estimate of drug-likeness (QED) is 0.502. The number of carboxylic acid groups (broad SMARTS) is 1. The van der Waals surface area contributed by atoms with Crippen molar-refractivity contribution in [2.24, 2.45) is 5.14 Å². The van der Waals surface area contributed by atoms with Gasteiger partial charge in [-0.3, -0.25) is 4.79 Å². The molecule has 1 aromatic heterocycles. The minimum atomic E-state index is -4.26. The highest BCUT2D eigenvalue weighted by Crippen LogP contribution is 2.26. The first-order valence-corrected chi connectivity index (χ1v) is 8.77. The third kappa shape index (κ3) is 4.24. The molecule has 1 aromatic carbocycles. The van der Waals surface area contributed by atoms with Crippen molar-refractivity contribution < 1.29 is 23.1 Å². The van der Waals surface area contributed by atoms with Crippen molar-refractivity contribution >= 4 is 22.1 Å². The van der Waals surface area contributed by atoms with Gasteiger partial charge in [0, 0.05) is 30.4 Å². The second-order valence-electron chi connectivity index (χ2n) is 5.16. The van der Waals surface area contributed by atoms with Gasteiger partial charge < -0.3 is 15.7 Å². The molecule has 10 heteroatoms. The molecule has 0 fully saturated rings. The van der Waals surface area contributed by atoms with Crippen molar-refractivity contribution in [3.8, 4) is 11.1 Å². The number of nitrogens with one attached hydrogen (secondary N) is 2. The van der Waals surface area contributed by atoms with Gasteiger partial charge in [0.1, 0.15) is 0 Å². The summed E-state index contributed by atoms with van der Waals surface area (Å²) < 4.78 is 23.6. The van der Waals surface area contributed by atoms with Gasteiger partial charge in [0.25, 0.3) is 5.91 Å². The number of nitrogens with zero attached hydrogens (tertiary/aromatic N) is 1. The molecule has 0 atom stereocenters. The summed E-state index contributed by atoms with van der Waals surface area (Å²) in [6.07, 6.45) is 1.06. The lowest BCUT2D eigenvalue weighted by Gasteiger charge is -2.08. The molecule has 9 nitrogen and oxygen atoms in total. The molecule has 25 heavy (non-hydrogen) atoms. The van der Waals surface area contributed by atoms with Gasteiger partial charge in [-0.1, -0.05) is 12.1 Å². The zero-order valence-corrected chi connectivity index (χ0v) is 14.2. The van der Waals surface area contributed by atoms with Gasteiger partial charge in [0.05, 0.1) is 0 Å². The van der Waals surface area contributed by atoms with Crippen LogP contribution in [0.15, 0.2) is 36.5 Å². The largest absolute Gasteiger partial charge is 0.477 e. The molecule has 2 rings (SSSR count). The molecule has 1 amide bonds. The number of nitrogens with two attached hydrogens (primary N) is 1. The van der Waals surface area contributed by atoms with E-state index in [4.69, 9.17) is 5.14 Å². The highest BCUT2D eigenvalue weighted by molar-refractivity contribution is 7.87. The van der Waals surface area contributed by atoms with Gasteiger partial charge in [0.15, 0.2) is 5.69 Å². The predicted molar refractivity (Wildman–Crippen MR) is 91.6 cm³/mol. The number of aromatic carboxylic acids is 1. The predicted octanol–water partition coefficient (Wildman–Crippen LogP) is -0.146. The molecule has 0 aliphatic heterocycles. The fourth-order valence-corrected chi connectivity index (χ4v) is 2.96. The molecular weight excluding hydrogens is 348 g/mol. The maximum Gasteiger partial charge on any atom is 0.354 e. The normalized spacial score (nSPS) is 11.3. The Morgan fingerprint density at radius 3 is 2.56 bits per heavy atom. The van der Waals surface area contributed by atoms with Crippen LogP contribution in [-0.4, -0.2) is 49.5 Å². The highest BCUT2D eigenvalue weighted by atomic mass is 32.2. The van der Waals surface area contributed by atoms with E-state index in [2.05, 4.69) is 10.6 Å². The number of likely N-dealkylation sites (N-methyl/N-ethyl adjacent to an activating group) is 1. The minimum Gasteiger partial charge on any atom is -0.477 e. The van der Waals surface area contributed by atoms with Crippen molar-refractivity contribution in [3.63, 3.8) is 0 Å². The average molecular weight is 366 g/mol. The highest BCUT2D eigenvalue weighted by Gasteiger charge is 2.23. The van der Waals surface area contributed by atoms with E-state index < -0.39 is 21.9 Å². The Hall–Kier alpha value is -2.69. The molecule has 0 spiro atoms. The molecule has 0 aliphatic rings. The van der Waals surface area contributed by atoms with Crippen molar-refractivity contribution in [1.82, 2.24) is 14.6 Å². The molecule has 134 valence electrons. The molecular formula is C15H18N4O5S. The second kappa shape index (κ2) is 7.47. The summed E-state index contributed by atoms with van der Waals surface area (Å²) in [5.41, 5.74) is 0.371. The summed E-state index contributed by atoms with van der Waals surface area (Å²) in [6, 6.07) is 7.56. The number of hydrogen-bond acceptors (Lipinski definition) is 5. The van der Waals surface area contributed by atoms with Gasteiger partial charge in [-0.05, 0) is 30.8 Å². The third-order valence-electron chi connectivity index (χ3n) is 3.43. The Morgan fingerprint density at radius 2 is 1.96 bits per heavy atom. The topological polar surface area (TPSA) is 144 Å². The molecule has 0 bridgehead atoms. The number of benzene rings is 1. The van der Waals surface area contributed by atoms with Gasteiger partial charge in [0.2, 0.25) is 0 Å². The van der Waals surface area contributed by atoms with E-state index >= 15 is 0 Å². The summed E-state index contributed by atoms with van der Waals surface area (Å²) in [5, 5.41) is 20.0. The van der Waals surface area contributed by atoms with Gasteiger partial charge >= 0.3 is 16.2 Å². The lowest BCUT2D eigenvalue weighted by Crippen LogP contribution is -2.30. The van der Waals surface area contributed by atoms with E-state index in [1.165, 1.54) is 12.1 Å². The maximum atomic E-state index is 12.1. The molecule has 5 N–H and O–H groups in total. The summed E-state index contributed by atoms with van der Waals surface area (Å²) in [5.74, 6) is -1.77. The number of carbonyl (C=O) groups is 2. The molecule has 0 aliphatic carbocycles. The van der Waals surface area contributed by atoms with Crippen LogP contribution in [0.1, 0.15) is 20.8 Å². The van der Waals surface area contributed by atoms with Crippen LogP contribution in [0.25, 0.3) is 11.1 Å². The van der Waals surface area contributed by atoms with E-state index in [-0.39, 0.29) is 11.5 Å². The Morgan fingerprint density at radius 1 is 1.24 bits per heavy atom. The van der Waals surface area contributed by atoms with E-state index in [0.717, 1.165) is 6.20 Å². The number of hydrogen-bond donors (Lipinski definition) is 4. The SMILES string of the molecule is CNCCNC(=O)c1cccc(-c2ccn(S(N)(=O)=O)c2C(=O)O)c1. The summed E-state index contributed by atoms with van der Waals surface area (Å²) in [4.78, 5) is 23.6. The van der Waals surface area contributed by atoms with Gasteiger partial charge in [-0.25, -0.2) is 13.9 Å². The Labute approximate surface area is 144 Å². The molecule has 0 radical (unpaired) electrons. The fourth-order valence-electron chi connectivity index (χ4n) is 2.30. The van der Waals surface area contributed by atoms with Crippen LogP contribution in [0.3, 0.4) is 0 Å². The second-order valence-corrected chi connectivity index (χ2v) is 6.59. The maximum absolute atomic E-state index is 12.1. The summed E-state index contributed by atoms with van der Waals surface area (Å²) in [7, 11) is -2.50. The first-order chi connectivity index (χ1) is 11.8. The number of rotatable bonds is 7. The lowest BCUT2D eigenvalue weighted by atomic mass is 10.0. The Bertz CT molecular complexity index is 904. The fraction of sp³-hybridized carbons (Fsp3) is 0.200. The van der Waals surface area contributed by atoms with Crippen LogP contribution in [0.5, 0.6) is 0 Å². The zero-order valence-electron chi connectivity index (χ0n) is 13.4. The van der Waals surface area contributed by atoms with Crippen LogP contribution in [0.4, 0.5) is 0 Å². The van der Waals surface area contributed by atoms with Crippen LogP contribution in [0.2, 0.25) is 0 Å². The number of carbonyl (C=O) groups excluding carboxylic acids is 1. The molecule has 2 aromatic rings. The van der Waals surface area contributed by atoms with Crippen LogP contribution in [0, 0.1) is 0 Å². The van der Waals surface area contributed by atoms with E-state index in [9.17, 15) is 23.1 Å². The van der Waals surface area contributed by atoms with E-state index in [1.54, 1.807) is 25.2 Å². The van der Waals surface area contributed by atoms with Crippen LogP contribution in [-0.2, 0) is 10.2 Å². The third-order valence-corrected chi connectivity index (χ3v) is 4.28. The Balaban J connectivity index is 2.43. The number of aromatic nitrogens is 1. The first-order valence-electron chi connectivity index (χ1n) is 7.27. The number of carboxylic acids is 1. The Kier molecular flexibility index (Phi) is 5.57. The van der Waals surface area contributed by atoms with Crippen molar-refractivity contribution in [1.29, 1.82) is 0 Å². The standard InChI is InChI=1S/C15H18N4O5S/c1-17-6-7-18-14(20)11-4-2-3-10(9-11)12-5-8-19(25(16,23)24)13(12)15(21)22/h2-5,8-9,17H,6-7H2,1H3,(H,18,20)(H,21,22)(H2,16,23,24). The first kappa shape index (κ1) is 18.6. The average Bonchev–Trinajstić information content (AvgIpc) is 3.00. The van der Waals surface area contributed by atoms with Gasteiger partial charge in [-0.15, -0.1) is 0 Å². The van der Waals surface area contributed by atoms with Crippen LogP contribution >= 0.6 is 0 Å².